The van der Waals surface area contributed by atoms with Crippen molar-refractivity contribution >= 4 is 45.6 Å². The van der Waals surface area contributed by atoms with Crippen LogP contribution in [0.1, 0.15) is 10.4 Å². The Kier molecular flexibility index (Phi) is 3.32. The maximum absolute atomic E-state index is 6.07. The van der Waals surface area contributed by atoms with E-state index in [9.17, 15) is 0 Å². The highest BCUT2D eigenvalue weighted by atomic mass is 35.5. The first kappa shape index (κ1) is 12.4. The summed E-state index contributed by atoms with van der Waals surface area (Å²) in [5.41, 5.74) is 1.26. The van der Waals surface area contributed by atoms with Crippen LogP contribution in [-0.2, 0) is 0 Å². The number of hydrogen-bond donors (Lipinski definition) is 0. The van der Waals surface area contributed by atoms with Gasteiger partial charge in [-0.05, 0) is 49.7 Å². The minimum atomic E-state index is 0.865. The first-order chi connectivity index (χ1) is 8.63. The quantitative estimate of drug-likeness (QED) is 0.508. The van der Waals surface area contributed by atoms with Gasteiger partial charge in [0.05, 0.1) is 4.34 Å². The van der Waals surface area contributed by atoms with E-state index in [0.717, 1.165) is 4.34 Å². The van der Waals surface area contributed by atoms with Gasteiger partial charge in [0.25, 0.3) is 0 Å². The third-order valence-electron chi connectivity index (χ3n) is 2.70. The molecule has 18 heavy (non-hydrogen) atoms. The standard InChI is InChI=1S/C14H11ClS3/c1-8-7-13(15)18-14(8)12-6-5-11(17-12)10-4-3-9(2)16-10/h3-7H,1-2H3. The molecule has 3 rings (SSSR count). The molecule has 0 bridgehead atoms. The molecule has 4 heteroatoms. The van der Waals surface area contributed by atoms with Crippen LogP contribution < -0.4 is 0 Å². The molecule has 0 N–H and O–H groups in total. The van der Waals surface area contributed by atoms with Crippen molar-refractivity contribution in [1.29, 1.82) is 0 Å². The van der Waals surface area contributed by atoms with E-state index < -0.39 is 0 Å². The van der Waals surface area contributed by atoms with Gasteiger partial charge in [0.15, 0.2) is 0 Å². The summed E-state index contributed by atoms with van der Waals surface area (Å²) in [4.78, 5) is 6.65. The zero-order valence-corrected chi connectivity index (χ0v) is 13.2. The summed E-state index contributed by atoms with van der Waals surface area (Å²) in [5.74, 6) is 0. The van der Waals surface area contributed by atoms with Crippen LogP contribution in [-0.4, -0.2) is 0 Å². The van der Waals surface area contributed by atoms with Crippen LogP contribution in [0.5, 0.6) is 0 Å². The normalized spacial score (nSPS) is 11.1. The van der Waals surface area contributed by atoms with Crippen LogP contribution in [0, 0.1) is 13.8 Å². The molecule has 3 aromatic heterocycles. The molecule has 0 saturated heterocycles. The summed E-state index contributed by atoms with van der Waals surface area (Å²) in [6.45, 7) is 4.26. The van der Waals surface area contributed by atoms with Crippen molar-refractivity contribution < 1.29 is 0 Å². The van der Waals surface area contributed by atoms with Gasteiger partial charge >= 0.3 is 0 Å². The monoisotopic (exact) mass is 310 g/mol. The smallest absolute Gasteiger partial charge is 0.0937 e. The summed E-state index contributed by atoms with van der Waals surface area (Å²) in [6, 6.07) is 10.8. The zero-order valence-electron chi connectivity index (χ0n) is 9.99. The molecule has 0 atom stereocenters. The number of hydrogen-bond acceptors (Lipinski definition) is 3. The number of rotatable bonds is 2. The predicted octanol–water partition coefficient (Wildman–Crippen LogP) is 6.48. The maximum Gasteiger partial charge on any atom is 0.0937 e. The van der Waals surface area contributed by atoms with Crippen molar-refractivity contribution in [2.75, 3.05) is 0 Å². The summed E-state index contributed by atoms with van der Waals surface area (Å²) >= 11 is 11.4. The van der Waals surface area contributed by atoms with E-state index in [4.69, 9.17) is 11.6 Å². The van der Waals surface area contributed by atoms with Crippen molar-refractivity contribution in [3.8, 4) is 19.5 Å². The van der Waals surface area contributed by atoms with E-state index in [1.54, 1.807) is 11.3 Å². The van der Waals surface area contributed by atoms with Crippen LogP contribution in [0.4, 0.5) is 0 Å². The van der Waals surface area contributed by atoms with E-state index in [-0.39, 0.29) is 0 Å². The Morgan fingerprint density at radius 2 is 1.50 bits per heavy atom. The maximum atomic E-state index is 6.07. The second kappa shape index (κ2) is 4.82. The first-order valence-corrected chi connectivity index (χ1v) is 8.39. The van der Waals surface area contributed by atoms with Gasteiger partial charge in [0, 0.05) is 24.4 Å². The third-order valence-corrected chi connectivity index (χ3v) is 6.53. The lowest BCUT2D eigenvalue weighted by molar-refractivity contribution is 1.56. The average molecular weight is 311 g/mol. The Hall–Kier alpha value is -0.610. The van der Waals surface area contributed by atoms with Gasteiger partial charge in [-0.25, -0.2) is 0 Å². The molecule has 0 radical (unpaired) electrons. The molecule has 92 valence electrons. The fraction of sp³-hybridized carbons (Fsp3) is 0.143. The Balaban J connectivity index is 2.01. The van der Waals surface area contributed by atoms with Gasteiger partial charge in [-0.3, -0.25) is 0 Å². The Morgan fingerprint density at radius 3 is 2.11 bits per heavy atom. The van der Waals surface area contributed by atoms with Gasteiger partial charge in [0.2, 0.25) is 0 Å². The number of halogens is 1. The SMILES string of the molecule is Cc1ccc(-c2ccc(-c3sc(Cl)cc3C)s2)s1. The third kappa shape index (κ3) is 2.28. The van der Waals surface area contributed by atoms with Crippen molar-refractivity contribution in [2.45, 2.75) is 13.8 Å². The molecule has 0 amide bonds. The molecule has 0 fully saturated rings. The summed E-state index contributed by atoms with van der Waals surface area (Å²) in [6.07, 6.45) is 0. The average Bonchev–Trinajstić information content (AvgIpc) is 2.98. The topological polar surface area (TPSA) is 0 Å². The molecule has 0 aliphatic heterocycles. The second-order valence-corrected chi connectivity index (χ2v) is 8.19. The van der Waals surface area contributed by atoms with Gasteiger partial charge in [-0.1, -0.05) is 11.6 Å². The molecule has 0 aliphatic rings. The van der Waals surface area contributed by atoms with E-state index in [1.165, 1.54) is 29.9 Å². The van der Waals surface area contributed by atoms with Crippen LogP contribution >= 0.6 is 45.6 Å². The Morgan fingerprint density at radius 1 is 0.833 bits per heavy atom. The highest BCUT2D eigenvalue weighted by Crippen LogP contribution is 2.42. The lowest BCUT2D eigenvalue weighted by Gasteiger charge is -1.93. The van der Waals surface area contributed by atoms with Crippen LogP contribution in [0.25, 0.3) is 19.5 Å². The highest BCUT2D eigenvalue weighted by molar-refractivity contribution is 7.27. The van der Waals surface area contributed by atoms with Crippen LogP contribution in [0.3, 0.4) is 0 Å². The minimum absolute atomic E-state index is 0.865. The zero-order chi connectivity index (χ0) is 12.7. The molecule has 0 spiro atoms. The molecular formula is C14H11ClS3. The predicted molar refractivity (Wildman–Crippen MR) is 85.4 cm³/mol. The molecule has 0 unspecified atom stereocenters. The van der Waals surface area contributed by atoms with Gasteiger partial charge in [-0.2, -0.15) is 0 Å². The minimum Gasteiger partial charge on any atom is -0.140 e. The van der Waals surface area contributed by atoms with Gasteiger partial charge in [0.1, 0.15) is 0 Å². The molecule has 0 nitrogen and oxygen atoms in total. The lowest BCUT2D eigenvalue weighted by atomic mass is 10.2. The van der Waals surface area contributed by atoms with E-state index in [1.807, 2.05) is 28.7 Å². The Labute approximate surface area is 123 Å². The highest BCUT2D eigenvalue weighted by Gasteiger charge is 2.11. The van der Waals surface area contributed by atoms with E-state index in [2.05, 4.69) is 38.1 Å². The van der Waals surface area contributed by atoms with Crippen molar-refractivity contribution in [1.82, 2.24) is 0 Å². The molecule has 0 saturated carbocycles. The molecule has 0 aromatic carbocycles. The number of thiophene rings is 3. The van der Waals surface area contributed by atoms with Crippen molar-refractivity contribution in [3.05, 3.63) is 45.1 Å². The Bertz CT molecular complexity index is 688. The fourth-order valence-electron chi connectivity index (χ4n) is 1.85. The largest absolute Gasteiger partial charge is 0.140 e. The molecular weight excluding hydrogens is 300 g/mol. The lowest BCUT2D eigenvalue weighted by Crippen LogP contribution is -1.66. The second-order valence-electron chi connectivity index (χ2n) is 4.14. The molecule has 3 aromatic rings. The van der Waals surface area contributed by atoms with E-state index in [0.29, 0.717) is 0 Å². The van der Waals surface area contributed by atoms with Crippen molar-refractivity contribution in [2.24, 2.45) is 0 Å². The van der Waals surface area contributed by atoms with Crippen LogP contribution in [0.2, 0.25) is 4.34 Å². The summed E-state index contributed by atoms with van der Waals surface area (Å²) in [7, 11) is 0. The first-order valence-electron chi connectivity index (χ1n) is 5.56. The van der Waals surface area contributed by atoms with E-state index >= 15 is 0 Å². The molecule has 0 aliphatic carbocycles. The summed E-state index contributed by atoms with van der Waals surface area (Å²) < 4.78 is 0.865. The number of aryl methyl sites for hydroxylation is 2. The van der Waals surface area contributed by atoms with Gasteiger partial charge < -0.3 is 0 Å². The molecule has 3 heterocycles. The fourth-order valence-corrected chi connectivity index (χ4v) is 5.28. The van der Waals surface area contributed by atoms with Crippen molar-refractivity contribution in [3.63, 3.8) is 0 Å². The van der Waals surface area contributed by atoms with Gasteiger partial charge in [-0.15, -0.1) is 34.0 Å². The van der Waals surface area contributed by atoms with Crippen LogP contribution in [0.15, 0.2) is 30.3 Å². The summed E-state index contributed by atoms with van der Waals surface area (Å²) in [5, 5.41) is 0.